The van der Waals surface area contributed by atoms with Gasteiger partial charge in [0.1, 0.15) is 5.69 Å². The highest BCUT2D eigenvalue weighted by Gasteiger charge is 2.20. The summed E-state index contributed by atoms with van der Waals surface area (Å²) in [6, 6.07) is 6.07. The molecule has 0 saturated carbocycles. The van der Waals surface area contributed by atoms with Crippen LogP contribution in [0.15, 0.2) is 27.2 Å². The molecule has 0 saturated heterocycles. The van der Waals surface area contributed by atoms with Crippen molar-refractivity contribution in [2.24, 2.45) is 0 Å². The van der Waals surface area contributed by atoms with Gasteiger partial charge in [-0.05, 0) is 46.7 Å². The highest BCUT2D eigenvalue weighted by molar-refractivity contribution is 14.1. The average molecular weight is 407 g/mol. The standard InChI is InChI=1S/C12H12BrIN2O/c1-6(2)10-11(16-17-12(10)15)8-5-7(13)3-4-9(8)14/h3-6H,15H2,1-2H3. The van der Waals surface area contributed by atoms with Crippen LogP contribution in [0.1, 0.15) is 25.3 Å². The summed E-state index contributed by atoms with van der Waals surface area (Å²) in [5, 5.41) is 4.08. The molecule has 3 nitrogen and oxygen atoms in total. The van der Waals surface area contributed by atoms with E-state index in [0.717, 1.165) is 24.9 Å². The van der Waals surface area contributed by atoms with Gasteiger partial charge < -0.3 is 10.3 Å². The van der Waals surface area contributed by atoms with E-state index in [2.05, 4.69) is 57.5 Å². The van der Waals surface area contributed by atoms with Crippen LogP contribution in [-0.4, -0.2) is 5.16 Å². The summed E-state index contributed by atoms with van der Waals surface area (Å²) < 4.78 is 7.26. The Hall–Kier alpha value is -0.560. The number of nitrogen functional groups attached to an aromatic ring is 1. The molecular weight excluding hydrogens is 395 g/mol. The molecule has 0 aliphatic heterocycles. The summed E-state index contributed by atoms with van der Waals surface area (Å²) in [5.74, 6) is 0.691. The number of hydrogen-bond acceptors (Lipinski definition) is 3. The molecule has 5 heteroatoms. The molecule has 0 aliphatic carbocycles. The Morgan fingerprint density at radius 2 is 2.12 bits per heavy atom. The van der Waals surface area contributed by atoms with E-state index in [1.54, 1.807) is 0 Å². The first-order chi connectivity index (χ1) is 8.00. The van der Waals surface area contributed by atoms with E-state index < -0.39 is 0 Å². The van der Waals surface area contributed by atoms with Gasteiger partial charge in [-0.2, -0.15) is 0 Å². The number of halogens is 2. The van der Waals surface area contributed by atoms with Crippen LogP contribution in [0, 0.1) is 3.57 Å². The molecule has 2 N–H and O–H groups in total. The van der Waals surface area contributed by atoms with Crippen molar-refractivity contribution in [3.63, 3.8) is 0 Å². The second-order valence-electron chi connectivity index (χ2n) is 4.09. The fourth-order valence-electron chi connectivity index (χ4n) is 1.74. The Kier molecular flexibility index (Phi) is 3.77. The van der Waals surface area contributed by atoms with Crippen molar-refractivity contribution < 1.29 is 4.52 Å². The number of nitrogens with two attached hydrogens (primary N) is 1. The van der Waals surface area contributed by atoms with Crippen molar-refractivity contribution in [3.8, 4) is 11.3 Å². The summed E-state index contributed by atoms with van der Waals surface area (Å²) in [4.78, 5) is 0. The van der Waals surface area contributed by atoms with Crippen molar-refractivity contribution in [3.05, 3.63) is 31.8 Å². The van der Waals surface area contributed by atoms with Gasteiger partial charge in [-0.3, -0.25) is 0 Å². The van der Waals surface area contributed by atoms with E-state index in [0.29, 0.717) is 5.88 Å². The first-order valence-corrected chi connectivity index (χ1v) is 7.08. The van der Waals surface area contributed by atoms with Gasteiger partial charge in [0.15, 0.2) is 0 Å². The monoisotopic (exact) mass is 406 g/mol. The quantitative estimate of drug-likeness (QED) is 0.751. The van der Waals surface area contributed by atoms with Crippen LogP contribution in [-0.2, 0) is 0 Å². The highest BCUT2D eigenvalue weighted by atomic mass is 127. The molecule has 0 spiro atoms. The van der Waals surface area contributed by atoms with Crippen molar-refractivity contribution >= 4 is 44.4 Å². The number of benzene rings is 1. The molecule has 2 rings (SSSR count). The predicted molar refractivity (Wildman–Crippen MR) is 80.9 cm³/mol. The third kappa shape index (κ3) is 2.49. The van der Waals surface area contributed by atoms with Crippen LogP contribution in [0.4, 0.5) is 5.88 Å². The average Bonchev–Trinajstić information content (AvgIpc) is 2.64. The zero-order valence-electron chi connectivity index (χ0n) is 9.50. The molecule has 1 aromatic heterocycles. The minimum atomic E-state index is 0.283. The molecule has 0 amide bonds. The van der Waals surface area contributed by atoms with Gasteiger partial charge in [-0.25, -0.2) is 0 Å². The lowest BCUT2D eigenvalue weighted by molar-refractivity contribution is 0.438. The Morgan fingerprint density at radius 3 is 2.76 bits per heavy atom. The topological polar surface area (TPSA) is 52.0 Å². The van der Waals surface area contributed by atoms with Crippen LogP contribution in [0.25, 0.3) is 11.3 Å². The predicted octanol–water partition coefficient (Wildman–Crippen LogP) is 4.41. The summed E-state index contributed by atoms with van der Waals surface area (Å²) in [6.07, 6.45) is 0. The van der Waals surface area contributed by atoms with Gasteiger partial charge in [-0.15, -0.1) is 0 Å². The lowest BCUT2D eigenvalue weighted by Crippen LogP contribution is -1.95. The van der Waals surface area contributed by atoms with E-state index >= 15 is 0 Å². The zero-order chi connectivity index (χ0) is 12.6. The van der Waals surface area contributed by atoms with E-state index in [4.69, 9.17) is 10.3 Å². The first kappa shape index (κ1) is 12.9. The Labute approximate surface area is 122 Å². The molecule has 17 heavy (non-hydrogen) atoms. The molecule has 1 heterocycles. The normalized spacial score (nSPS) is 11.1. The summed E-state index contributed by atoms with van der Waals surface area (Å²) in [7, 11) is 0. The van der Waals surface area contributed by atoms with Gasteiger partial charge in [-0.1, -0.05) is 34.9 Å². The lowest BCUT2D eigenvalue weighted by Gasteiger charge is -2.07. The second kappa shape index (κ2) is 4.97. The van der Waals surface area contributed by atoms with Crippen molar-refractivity contribution in [1.29, 1.82) is 0 Å². The molecular formula is C12H12BrIN2O. The fraction of sp³-hybridized carbons (Fsp3) is 0.250. The highest BCUT2D eigenvalue weighted by Crippen LogP contribution is 2.36. The maximum atomic E-state index is 5.82. The molecule has 1 aromatic carbocycles. The van der Waals surface area contributed by atoms with Gasteiger partial charge in [0, 0.05) is 19.2 Å². The van der Waals surface area contributed by atoms with Crippen LogP contribution >= 0.6 is 38.5 Å². The summed E-state index contributed by atoms with van der Waals surface area (Å²) >= 11 is 5.76. The molecule has 0 unspecified atom stereocenters. The Morgan fingerprint density at radius 1 is 1.41 bits per heavy atom. The summed E-state index contributed by atoms with van der Waals surface area (Å²) in [6.45, 7) is 4.16. The number of anilines is 1. The minimum Gasteiger partial charge on any atom is -0.367 e. The van der Waals surface area contributed by atoms with Gasteiger partial charge in [0.2, 0.25) is 5.88 Å². The molecule has 0 radical (unpaired) electrons. The Balaban J connectivity index is 2.64. The summed E-state index contributed by atoms with van der Waals surface area (Å²) in [5.41, 5.74) is 8.68. The lowest BCUT2D eigenvalue weighted by atomic mass is 9.99. The zero-order valence-corrected chi connectivity index (χ0v) is 13.2. The number of rotatable bonds is 2. The van der Waals surface area contributed by atoms with E-state index in [9.17, 15) is 0 Å². The van der Waals surface area contributed by atoms with E-state index in [1.165, 1.54) is 0 Å². The number of aromatic nitrogens is 1. The largest absolute Gasteiger partial charge is 0.367 e. The molecule has 0 fully saturated rings. The maximum Gasteiger partial charge on any atom is 0.226 e. The third-order valence-corrected chi connectivity index (χ3v) is 3.95. The van der Waals surface area contributed by atoms with E-state index in [1.807, 2.05) is 18.2 Å². The first-order valence-electron chi connectivity index (χ1n) is 5.21. The minimum absolute atomic E-state index is 0.283. The molecule has 0 atom stereocenters. The van der Waals surface area contributed by atoms with Crippen molar-refractivity contribution in [2.75, 3.05) is 5.73 Å². The van der Waals surface area contributed by atoms with Gasteiger partial charge >= 0.3 is 0 Å². The van der Waals surface area contributed by atoms with Crippen molar-refractivity contribution in [2.45, 2.75) is 19.8 Å². The smallest absolute Gasteiger partial charge is 0.226 e. The molecule has 2 aromatic rings. The van der Waals surface area contributed by atoms with Crippen LogP contribution < -0.4 is 5.73 Å². The van der Waals surface area contributed by atoms with Gasteiger partial charge in [0.25, 0.3) is 0 Å². The SMILES string of the molecule is CC(C)c1c(-c2cc(Br)ccc2I)noc1N. The van der Waals surface area contributed by atoms with Crippen LogP contribution in [0.3, 0.4) is 0 Å². The Bertz CT molecular complexity index is 551. The van der Waals surface area contributed by atoms with Crippen LogP contribution in [0.5, 0.6) is 0 Å². The molecule has 0 aliphatic rings. The van der Waals surface area contributed by atoms with E-state index in [-0.39, 0.29) is 5.92 Å². The fourth-order valence-corrected chi connectivity index (χ4v) is 2.69. The maximum absolute atomic E-state index is 5.82. The third-order valence-electron chi connectivity index (χ3n) is 2.52. The van der Waals surface area contributed by atoms with Crippen molar-refractivity contribution in [1.82, 2.24) is 5.16 Å². The molecule has 90 valence electrons. The second-order valence-corrected chi connectivity index (χ2v) is 6.17. The molecule has 0 bridgehead atoms. The number of nitrogens with zero attached hydrogens (tertiary/aromatic N) is 1. The van der Waals surface area contributed by atoms with Gasteiger partial charge in [0.05, 0.1) is 0 Å². The number of hydrogen-bond donors (Lipinski definition) is 1. The van der Waals surface area contributed by atoms with Crippen LogP contribution in [0.2, 0.25) is 0 Å².